The molecule has 1 unspecified atom stereocenters. The molecule has 1 atom stereocenters. The number of quaternary nitrogens is 1. The van der Waals surface area contributed by atoms with Gasteiger partial charge in [-0.15, -0.1) is 11.3 Å². The van der Waals surface area contributed by atoms with Crippen molar-refractivity contribution in [1.82, 2.24) is 34.5 Å². The van der Waals surface area contributed by atoms with Gasteiger partial charge < -0.3 is 40.9 Å². The summed E-state index contributed by atoms with van der Waals surface area (Å²) in [5.41, 5.74) is 4.09. The third kappa shape index (κ3) is 10.2. The van der Waals surface area contributed by atoms with Gasteiger partial charge in [-0.25, -0.2) is 19.6 Å². The van der Waals surface area contributed by atoms with Gasteiger partial charge >= 0.3 is 0 Å². The molecule has 0 saturated heterocycles. The summed E-state index contributed by atoms with van der Waals surface area (Å²) < 4.78 is 24.0. The Bertz CT molecular complexity index is 1610. The Morgan fingerprint density at radius 2 is 1.85 bits per heavy atom. The summed E-state index contributed by atoms with van der Waals surface area (Å²) in [5, 5.41) is 38.9. The molecule has 1 aliphatic carbocycles. The number of nitrogens with zero attached hydrogens (tertiary/aromatic N) is 7. The van der Waals surface area contributed by atoms with E-state index in [2.05, 4.69) is 35.6 Å². The van der Waals surface area contributed by atoms with Gasteiger partial charge in [0.2, 0.25) is 0 Å². The van der Waals surface area contributed by atoms with Gasteiger partial charge in [-0.2, -0.15) is 10.2 Å². The highest BCUT2D eigenvalue weighted by Crippen LogP contribution is 2.34. The lowest BCUT2D eigenvalue weighted by Gasteiger charge is -2.28. The molecule has 1 aliphatic rings. The van der Waals surface area contributed by atoms with E-state index in [1.807, 2.05) is 17.8 Å². The number of aliphatic hydroxyl groups excluding tert-OH is 3. The first-order valence-electron chi connectivity index (χ1n) is 14.6. The van der Waals surface area contributed by atoms with E-state index in [1.165, 1.54) is 28.4 Å². The molecule has 8 N–H and O–H groups in total. The summed E-state index contributed by atoms with van der Waals surface area (Å²) in [4.78, 5) is 45.7. The summed E-state index contributed by atoms with van der Waals surface area (Å²) in [5.74, 6) is -0.0359. The summed E-state index contributed by atoms with van der Waals surface area (Å²) in [7, 11) is -4.87. The zero-order valence-electron chi connectivity index (χ0n) is 25.6. The Balaban J connectivity index is 0.000000555. The van der Waals surface area contributed by atoms with E-state index in [1.54, 1.807) is 23.8 Å². The standard InChI is InChI=1S/C23H27N8O6PS.C4H11NO3/c1-2-36-17-6-4-16(5-7-17)31-12-18(20(29-31)21-24-8-3-9-25-21)27-22(32)19-13-39-23(28-19)15-10-26-30(11-15)14-37-38(33,34)35;5-4(1-6,2-7)3-8/h3,8-13,16-17H,2,4-7,14H2,1H3,(H,27,32)(H2,33,34,35);6-8H,1-3,5H2. The highest BCUT2D eigenvalue weighted by Gasteiger charge is 2.27. The van der Waals surface area contributed by atoms with Crippen molar-refractivity contribution in [1.29, 1.82) is 0 Å². The largest absolute Gasteiger partial charge is 0.756 e. The predicted molar refractivity (Wildman–Crippen MR) is 165 cm³/mol. The fourth-order valence-electron chi connectivity index (χ4n) is 4.49. The minimum atomic E-state index is -4.87. The highest BCUT2D eigenvalue weighted by atomic mass is 32.1. The molecule has 20 heteroatoms. The van der Waals surface area contributed by atoms with Gasteiger partial charge in [0, 0.05) is 42.3 Å². The SMILES string of the molecule is CCOC1CCC(n2cc(NC(=O)c3csc(-c4cnn(COP(=O)([O-])O)c4)n3)c(-c3ncccn3)n2)CC1.[NH3+]C(CO)(CO)CO. The van der Waals surface area contributed by atoms with Crippen LogP contribution in [0.1, 0.15) is 49.1 Å². The van der Waals surface area contributed by atoms with Gasteiger partial charge in [0.05, 0.1) is 24.0 Å². The van der Waals surface area contributed by atoms with Crippen molar-refractivity contribution in [2.24, 2.45) is 0 Å². The highest BCUT2D eigenvalue weighted by molar-refractivity contribution is 7.44. The average Bonchev–Trinajstić information content (AvgIpc) is 3.85. The third-order valence-corrected chi connectivity index (χ3v) is 8.49. The molecule has 4 aromatic rings. The molecule has 1 fully saturated rings. The van der Waals surface area contributed by atoms with E-state index in [0.717, 1.165) is 25.7 Å². The third-order valence-electron chi connectivity index (χ3n) is 7.15. The van der Waals surface area contributed by atoms with Gasteiger partial charge in [-0.05, 0) is 38.7 Å². The maximum absolute atomic E-state index is 13.2. The Kier molecular flexibility index (Phi) is 12.8. The topological polar surface area (TPSA) is 271 Å². The predicted octanol–water partition coefficient (Wildman–Crippen LogP) is -0.189. The van der Waals surface area contributed by atoms with E-state index in [0.29, 0.717) is 34.4 Å². The Hall–Kier alpha value is -3.49. The first-order valence-corrected chi connectivity index (χ1v) is 17.0. The van der Waals surface area contributed by atoms with Crippen LogP contribution in [-0.4, -0.2) is 98.7 Å². The number of aromatic nitrogens is 7. The van der Waals surface area contributed by atoms with Crippen LogP contribution in [0.25, 0.3) is 22.1 Å². The van der Waals surface area contributed by atoms with Crippen molar-refractivity contribution in [2.45, 2.75) is 57.0 Å². The summed E-state index contributed by atoms with van der Waals surface area (Å²) in [6.07, 6.45) is 12.0. The average molecular weight is 696 g/mol. The first kappa shape index (κ1) is 36.3. The Morgan fingerprint density at radius 1 is 1.17 bits per heavy atom. The molecule has 1 amide bonds. The Labute approximate surface area is 273 Å². The van der Waals surface area contributed by atoms with E-state index in [9.17, 15) is 14.3 Å². The summed E-state index contributed by atoms with van der Waals surface area (Å²) in [6, 6.07) is 1.88. The molecular weight excluding hydrogens is 657 g/mol. The Morgan fingerprint density at radius 3 is 2.45 bits per heavy atom. The molecule has 4 heterocycles. The van der Waals surface area contributed by atoms with Crippen LogP contribution in [-0.2, 0) is 20.6 Å². The van der Waals surface area contributed by atoms with Crippen molar-refractivity contribution >= 4 is 30.8 Å². The van der Waals surface area contributed by atoms with E-state index >= 15 is 0 Å². The number of aliphatic hydroxyl groups is 3. The van der Waals surface area contributed by atoms with Crippen molar-refractivity contribution in [3.8, 4) is 22.1 Å². The molecule has 5 rings (SSSR count). The van der Waals surface area contributed by atoms with E-state index in [4.69, 9.17) is 30.0 Å². The van der Waals surface area contributed by atoms with Crippen molar-refractivity contribution in [3.05, 3.63) is 48.1 Å². The maximum Gasteiger partial charge on any atom is 0.275 e. The molecule has 0 radical (unpaired) electrons. The quantitative estimate of drug-likeness (QED) is 0.0990. The number of ether oxygens (including phenoxy) is 1. The summed E-state index contributed by atoms with van der Waals surface area (Å²) in [6.45, 7) is 1.34. The van der Waals surface area contributed by atoms with Gasteiger partial charge in [-0.1, -0.05) is 0 Å². The molecule has 0 spiro atoms. The second kappa shape index (κ2) is 16.6. The number of hydrogen-bond acceptors (Lipinski definition) is 14. The maximum atomic E-state index is 13.2. The number of hydrogen-bond donors (Lipinski definition) is 6. The molecule has 1 saturated carbocycles. The second-order valence-electron chi connectivity index (χ2n) is 10.8. The van der Waals surface area contributed by atoms with Crippen LogP contribution in [0.2, 0.25) is 0 Å². The molecule has 4 aromatic heterocycles. The van der Waals surface area contributed by atoms with Gasteiger partial charge in [0.25, 0.3) is 13.7 Å². The number of carbonyl (C=O) groups excluding carboxylic acids is 1. The number of amides is 1. The first-order chi connectivity index (χ1) is 22.5. The second-order valence-corrected chi connectivity index (χ2v) is 12.8. The van der Waals surface area contributed by atoms with Gasteiger partial charge in [0.1, 0.15) is 37.3 Å². The number of anilines is 1. The number of phosphoric ester groups is 1. The molecule has 18 nitrogen and oxygen atoms in total. The number of nitrogens with one attached hydrogen (secondary N) is 1. The van der Waals surface area contributed by atoms with Gasteiger partial charge in [-0.3, -0.25) is 18.6 Å². The lowest BCUT2D eigenvalue weighted by atomic mass is 9.93. The molecule has 0 bridgehead atoms. The van der Waals surface area contributed by atoms with Crippen LogP contribution in [0.3, 0.4) is 0 Å². The van der Waals surface area contributed by atoms with Crippen LogP contribution in [0, 0.1) is 0 Å². The number of carbonyl (C=O) groups is 1. The van der Waals surface area contributed by atoms with Crippen molar-refractivity contribution in [2.75, 3.05) is 31.7 Å². The van der Waals surface area contributed by atoms with Crippen LogP contribution in [0.4, 0.5) is 5.69 Å². The van der Waals surface area contributed by atoms with Crippen molar-refractivity contribution < 1.29 is 49.5 Å². The molecular formula is C27H38N9O9PS. The monoisotopic (exact) mass is 695 g/mol. The van der Waals surface area contributed by atoms with Crippen molar-refractivity contribution in [3.63, 3.8) is 0 Å². The van der Waals surface area contributed by atoms with Crippen LogP contribution in [0.5, 0.6) is 0 Å². The summed E-state index contributed by atoms with van der Waals surface area (Å²) >= 11 is 1.22. The van der Waals surface area contributed by atoms with E-state index in [-0.39, 0.29) is 37.7 Å². The zero-order valence-corrected chi connectivity index (χ0v) is 27.3. The molecule has 256 valence electrons. The van der Waals surface area contributed by atoms with Crippen LogP contribution >= 0.6 is 19.2 Å². The fourth-order valence-corrected chi connectivity index (χ4v) is 5.53. The molecule has 47 heavy (non-hydrogen) atoms. The van der Waals surface area contributed by atoms with Crippen LogP contribution < -0.4 is 15.9 Å². The number of phosphoric acid groups is 1. The fraction of sp³-hybridized carbons (Fsp3) is 0.481. The number of rotatable bonds is 13. The molecule has 0 aromatic carbocycles. The number of thiazole rings is 1. The zero-order chi connectivity index (χ0) is 34.0. The lowest BCUT2D eigenvalue weighted by molar-refractivity contribution is -0.494. The normalized spacial score (nSPS) is 17.9. The van der Waals surface area contributed by atoms with E-state index < -0.39 is 26.0 Å². The lowest BCUT2D eigenvalue weighted by Crippen LogP contribution is -2.78. The smallest absolute Gasteiger partial charge is 0.275 e. The minimum absolute atomic E-state index is 0.169. The molecule has 0 aliphatic heterocycles. The van der Waals surface area contributed by atoms with Crippen LogP contribution in [0.15, 0.2) is 42.4 Å². The minimum Gasteiger partial charge on any atom is -0.756 e. The van der Waals surface area contributed by atoms with Gasteiger partial charge in [0.15, 0.2) is 17.1 Å².